The maximum Gasteiger partial charge on any atom is 0.306 e. The zero-order valence-electron chi connectivity index (χ0n) is 12.8. The van der Waals surface area contributed by atoms with Crippen LogP contribution >= 0.6 is 0 Å². The summed E-state index contributed by atoms with van der Waals surface area (Å²) in [5.74, 6) is -0.284. The predicted octanol–water partition coefficient (Wildman–Crippen LogP) is 1.95. The van der Waals surface area contributed by atoms with Gasteiger partial charge in [-0.05, 0) is 46.5 Å². The molecule has 1 aliphatic rings. The summed E-state index contributed by atoms with van der Waals surface area (Å²) in [5.41, 5.74) is 1.06. The highest BCUT2D eigenvalue weighted by atomic mass is 16.5. The molecule has 1 aromatic heterocycles. The van der Waals surface area contributed by atoms with Crippen molar-refractivity contribution in [3.63, 3.8) is 0 Å². The lowest BCUT2D eigenvalue weighted by atomic mass is 9.78. The molecule has 1 aliphatic carbocycles. The molecule has 0 bridgehead atoms. The Labute approximate surface area is 124 Å². The van der Waals surface area contributed by atoms with Crippen LogP contribution in [0.25, 0.3) is 0 Å². The van der Waals surface area contributed by atoms with Crippen LogP contribution in [0.4, 0.5) is 0 Å². The average Bonchev–Trinajstić information content (AvgIpc) is 2.76. The topological polar surface area (TPSA) is 95.6 Å². The van der Waals surface area contributed by atoms with Gasteiger partial charge in [-0.15, -0.1) is 0 Å². The van der Waals surface area contributed by atoms with Gasteiger partial charge in [-0.1, -0.05) is 5.16 Å². The van der Waals surface area contributed by atoms with E-state index < -0.39 is 11.6 Å². The Morgan fingerprint density at radius 2 is 2.10 bits per heavy atom. The first-order valence-electron chi connectivity index (χ1n) is 7.44. The zero-order chi connectivity index (χ0) is 15.6. The fourth-order valence-electron chi connectivity index (χ4n) is 3.13. The average molecular weight is 296 g/mol. The van der Waals surface area contributed by atoms with E-state index in [1.807, 2.05) is 20.8 Å². The molecule has 0 spiro atoms. The summed E-state index contributed by atoms with van der Waals surface area (Å²) in [6, 6.07) is 0.0393. The van der Waals surface area contributed by atoms with Crippen LogP contribution in [-0.4, -0.2) is 33.5 Å². The molecule has 0 radical (unpaired) electrons. The van der Waals surface area contributed by atoms with Gasteiger partial charge in [0.1, 0.15) is 5.76 Å². The Hall–Kier alpha value is -1.40. The molecule has 21 heavy (non-hydrogen) atoms. The van der Waals surface area contributed by atoms with Crippen molar-refractivity contribution in [2.75, 3.05) is 6.54 Å². The Morgan fingerprint density at radius 1 is 1.48 bits per heavy atom. The maximum atomic E-state index is 10.9. The molecule has 1 aromatic rings. The van der Waals surface area contributed by atoms with Crippen molar-refractivity contribution < 1.29 is 19.5 Å². The summed E-state index contributed by atoms with van der Waals surface area (Å²) in [7, 11) is 0. The lowest BCUT2D eigenvalue weighted by Gasteiger charge is -2.35. The maximum absolute atomic E-state index is 10.9. The fraction of sp³-hybridized carbons (Fsp3) is 0.733. The molecule has 3 N–H and O–H groups in total. The Kier molecular flexibility index (Phi) is 4.68. The van der Waals surface area contributed by atoms with E-state index in [0.717, 1.165) is 17.0 Å². The minimum Gasteiger partial charge on any atom is -0.481 e. The normalized spacial score (nSPS) is 27.5. The molecular formula is C15H24N2O4. The third-order valence-corrected chi connectivity index (χ3v) is 4.52. The van der Waals surface area contributed by atoms with Gasteiger partial charge in [0, 0.05) is 18.2 Å². The highest BCUT2D eigenvalue weighted by Gasteiger charge is 2.36. The molecule has 0 aliphatic heterocycles. The van der Waals surface area contributed by atoms with Crippen molar-refractivity contribution in [3.8, 4) is 0 Å². The highest BCUT2D eigenvalue weighted by molar-refractivity contribution is 5.70. The quantitative estimate of drug-likeness (QED) is 0.768. The van der Waals surface area contributed by atoms with E-state index in [1.165, 1.54) is 0 Å². The standard InChI is InChI=1S/C15H24N2O4/c1-9(13-10(2)17-21-11(13)3)16-8-15(20)6-4-12(5-7-15)14(18)19/h9,12,16,20H,4-8H2,1-3H3,(H,18,19). The molecule has 2 rings (SSSR count). The number of carbonyl (C=O) groups is 1. The van der Waals surface area contributed by atoms with Crippen LogP contribution < -0.4 is 5.32 Å². The molecular weight excluding hydrogens is 272 g/mol. The Morgan fingerprint density at radius 3 is 2.57 bits per heavy atom. The lowest BCUT2D eigenvalue weighted by Crippen LogP contribution is -2.45. The van der Waals surface area contributed by atoms with Gasteiger partial charge < -0.3 is 20.1 Å². The van der Waals surface area contributed by atoms with E-state index in [9.17, 15) is 9.90 Å². The smallest absolute Gasteiger partial charge is 0.306 e. The minimum absolute atomic E-state index is 0.0393. The van der Waals surface area contributed by atoms with E-state index in [0.29, 0.717) is 32.2 Å². The number of hydrogen-bond acceptors (Lipinski definition) is 5. The van der Waals surface area contributed by atoms with Crippen LogP contribution in [0.2, 0.25) is 0 Å². The Balaban J connectivity index is 1.90. The van der Waals surface area contributed by atoms with Crippen LogP contribution in [0.1, 0.15) is 55.7 Å². The van der Waals surface area contributed by atoms with Gasteiger partial charge in [-0.25, -0.2) is 0 Å². The number of rotatable bonds is 5. The van der Waals surface area contributed by atoms with E-state index in [4.69, 9.17) is 9.63 Å². The van der Waals surface area contributed by atoms with Gasteiger partial charge in [0.05, 0.1) is 17.2 Å². The molecule has 6 nitrogen and oxygen atoms in total. The number of carboxylic acids is 1. The summed E-state index contributed by atoms with van der Waals surface area (Å²) >= 11 is 0. The second-order valence-electron chi connectivity index (χ2n) is 6.18. The molecule has 0 aromatic carbocycles. The van der Waals surface area contributed by atoms with Crippen molar-refractivity contribution in [3.05, 3.63) is 17.0 Å². The zero-order valence-corrected chi connectivity index (χ0v) is 12.8. The molecule has 0 saturated heterocycles. The van der Waals surface area contributed by atoms with Gasteiger partial charge in [-0.3, -0.25) is 4.79 Å². The van der Waals surface area contributed by atoms with E-state index in [1.54, 1.807) is 0 Å². The number of nitrogens with one attached hydrogen (secondary N) is 1. The van der Waals surface area contributed by atoms with Crippen molar-refractivity contribution in [1.29, 1.82) is 0 Å². The first-order chi connectivity index (χ1) is 9.82. The summed E-state index contributed by atoms with van der Waals surface area (Å²) in [5, 5.41) is 26.8. The van der Waals surface area contributed by atoms with Crippen LogP contribution in [-0.2, 0) is 4.79 Å². The second kappa shape index (κ2) is 6.15. The summed E-state index contributed by atoms with van der Waals surface area (Å²) < 4.78 is 5.16. The number of aliphatic carboxylic acids is 1. The molecule has 1 heterocycles. The largest absolute Gasteiger partial charge is 0.481 e. The van der Waals surface area contributed by atoms with Crippen molar-refractivity contribution in [1.82, 2.24) is 10.5 Å². The number of aryl methyl sites for hydroxylation is 2. The van der Waals surface area contributed by atoms with E-state index in [-0.39, 0.29) is 12.0 Å². The molecule has 1 saturated carbocycles. The number of hydrogen-bond donors (Lipinski definition) is 3. The lowest BCUT2D eigenvalue weighted by molar-refractivity contribution is -0.144. The van der Waals surface area contributed by atoms with Crippen molar-refractivity contribution in [2.45, 2.75) is 58.1 Å². The van der Waals surface area contributed by atoms with Crippen LogP contribution in [0.5, 0.6) is 0 Å². The Bertz CT molecular complexity index is 484. The van der Waals surface area contributed by atoms with Gasteiger partial charge in [0.25, 0.3) is 0 Å². The van der Waals surface area contributed by atoms with Crippen molar-refractivity contribution in [2.24, 2.45) is 5.92 Å². The highest BCUT2D eigenvalue weighted by Crippen LogP contribution is 2.32. The minimum atomic E-state index is -0.820. The third-order valence-electron chi connectivity index (χ3n) is 4.52. The van der Waals surface area contributed by atoms with Crippen LogP contribution in [0.3, 0.4) is 0 Å². The van der Waals surface area contributed by atoms with Gasteiger partial charge in [-0.2, -0.15) is 0 Å². The monoisotopic (exact) mass is 296 g/mol. The van der Waals surface area contributed by atoms with Gasteiger partial charge in [0.15, 0.2) is 0 Å². The van der Waals surface area contributed by atoms with E-state index in [2.05, 4.69) is 10.5 Å². The molecule has 1 atom stereocenters. The molecule has 118 valence electrons. The summed E-state index contributed by atoms with van der Waals surface area (Å²) in [6.45, 7) is 6.24. The first-order valence-corrected chi connectivity index (χ1v) is 7.44. The fourth-order valence-corrected chi connectivity index (χ4v) is 3.13. The number of carboxylic acid groups (broad SMARTS) is 1. The summed E-state index contributed by atoms with van der Waals surface area (Å²) in [4.78, 5) is 10.9. The van der Waals surface area contributed by atoms with Crippen molar-refractivity contribution >= 4 is 5.97 Å². The third kappa shape index (κ3) is 3.63. The molecule has 0 amide bonds. The predicted molar refractivity (Wildman–Crippen MR) is 76.9 cm³/mol. The molecule has 1 unspecified atom stereocenters. The first kappa shape index (κ1) is 16.0. The number of aliphatic hydroxyl groups is 1. The van der Waals surface area contributed by atoms with Crippen LogP contribution in [0, 0.1) is 19.8 Å². The molecule has 1 fully saturated rings. The number of nitrogens with zero attached hydrogens (tertiary/aromatic N) is 1. The summed E-state index contributed by atoms with van der Waals surface area (Å²) in [6.07, 6.45) is 2.11. The van der Waals surface area contributed by atoms with Gasteiger partial charge >= 0.3 is 5.97 Å². The van der Waals surface area contributed by atoms with Crippen LogP contribution in [0.15, 0.2) is 4.52 Å². The number of aromatic nitrogens is 1. The SMILES string of the molecule is Cc1noc(C)c1C(C)NCC1(O)CCC(C(=O)O)CC1. The molecule has 6 heteroatoms. The second-order valence-corrected chi connectivity index (χ2v) is 6.18. The van der Waals surface area contributed by atoms with E-state index >= 15 is 0 Å². The van der Waals surface area contributed by atoms with Gasteiger partial charge in [0.2, 0.25) is 0 Å².